The van der Waals surface area contributed by atoms with E-state index in [4.69, 9.17) is 0 Å². The van der Waals surface area contributed by atoms with Gasteiger partial charge in [-0.15, -0.1) is 5.10 Å². The summed E-state index contributed by atoms with van der Waals surface area (Å²) in [4.78, 5) is 12.1. The van der Waals surface area contributed by atoms with E-state index in [9.17, 15) is 18.0 Å². The molecule has 0 spiro atoms. The third kappa shape index (κ3) is 3.25. The highest BCUT2D eigenvalue weighted by Crippen LogP contribution is 2.40. The Morgan fingerprint density at radius 1 is 1.30 bits per heavy atom. The predicted molar refractivity (Wildman–Crippen MR) is 72.7 cm³/mol. The van der Waals surface area contributed by atoms with Gasteiger partial charge in [0.05, 0.1) is 5.69 Å². The minimum atomic E-state index is -4.71. The predicted octanol–water partition coefficient (Wildman–Crippen LogP) is 1.58. The summed E-state index contributed by atoms with van der Waals surface area (Å²) in [5.41, 5.74) is -2.07. The summed E-state index contributed by atoms with van der Waals surface area (Å²) in [6.45, 7) is 2.26. The third-order valence-corrected chi connectivity index (χ3v) is 3.63. The van der Waals surface area contributed by atoms with Crippen molar-refractivity contribution in [3.8, 4) is 0 Å². The minimum absolute atomic E-state index is 0.00501. The molecule has 1 saturated carbocycles. The van der Waals surface area contributed by atoms with E-state index < -0.39 is 17.3 Å². The average Bonchev–Trinajstić information content (AvgIpc) is 3.23. The molecule has 0 radical (unpaired) electrons. The van der Waals surface area contributed by atoms with Crippen LogP contribution in [-0.4, -0.2) is 30.0 Å². The number of hydrogen-bond donors (Lipinski definition) is 0. The molecule has 7 nitrogen and oxygen atoms in total. The average molecular weight is 328 g/mol. The summed E-state index contributed by atoms with van der Waals surface area (Å²) in [7, 11) is 0. The zero-order chi connectivity index (χ0) is 16.6. The number of tetrazole rings is 1. The van der Waals surface area contributed by atoms with E-state index in [1.807, 2.05) is 6.92 Å². The topological polar surface area (TPSA) is 78.5 Å². The van der Waals surface area contributed by atoms with Crippen LogP contribution in [-0.2, 0) is 19.3 Å². The van der Waals surface area contributed by atoms with E-state index in [0.29, 0.717) is 18.1 Å². The van der Waals surface area contributed by atoms with Crippen molar-refractivity contribution in [2.24, 2.45) is 0 Å². The van der Waals surface area contributed by atoms with Gasteiger partial charge in [0.15, 0.2) is 5.82 Å². The quantitative estimate of drug-likeness (QED) is 0.833. The smallest absolute Gasteiger partial charge is 0.267 e. The van der Waals surface area contributed by atoms with Gasteiger partial charge in [-0.1, -0.05) is 6.92 Å². The molecule has 3 rings (SSSR count). The van der Waals surface area contributed by atoms with E-state index in [0.717, 1.165) is 30.0 Å². The summed E-state index contributed by atoms with van der Waals surface area (Å²) in [5.74, 6) is 0.303. The van der Waals surface area contributed by atoms with Crippen molar-refractivity contribution < 1.29 is 13.2 Å². The summed E-state index contributed by atoms with van der Waals surface area (Å²) in [6.07, 6.45) is -2.37. The maximum atomic E-state index is 13.1. The molecule has 2 aromatic rings. The van der Waals surface area contributed by atoms with E-state index in [1.165, 1.54) is 4.68 Å². The van der Waals surface area contributed by atoms with Crippen molar-refractivity contribution in [1.82, 2.24) is 30.0 Å². The van der Waals surface area contributed by atoms with Crippen LogP contribution in [0.3, 0.4) is 0 Å². The third-order valence-electron chi connectivity index (χ3n) is 3.63. The molecule has 0 saturated heterocycles. The lowest BCUT2D eigenvalue weighted by Crippen LogP contribution is -2.32. The molecule has 124 valence electrons. The molecule has 0 aliphatic heterocycles. The summed E-state index contributed by atoms with van der Waals surface area (Å²) >= 11 is 0. The number of alkyl halides is 3. The van der Waals surface area contributed by atoms with E-state index in [1.54, 1.807) is 0 Å². The highest BCUT2D eigenvalue weighted by atomic mass is 19.4. The number of halogens is 3. The van der Waals surface area contributed by atoms with Gasteiger partial charge < -0.3 is 0 Å². The van der Waals surface area contributed by atoms with E-state index >= 15 is 0 Å². The maximum absolute atomic E-state index is 13.1. The van der Waals surface area contributed by atoms with Gasteiger partial charge >= 0.3 is 6.18 Å². The Morgan fingerprint density at radius 2 is 2.04 bits per heavy atom. The molecule has 1 aliphatic carbocycles. The van der Waals surface area contributed by atoms with Crippen LogP contribution in [0.25, 0.3) is 0 Å². The van der Waals surface area contributed by atoms with Gasteiger partial charge in [0, 0.05) is 12.5 Å². The first-order valence-corrected chi connectivity index (χ1v) is 7.34. The van der Waals surface area contributed by atoms with Crippen molar-refractivity contribution in [2.75, 3.05) is 0 Å². The van der Waals surface area contributed by atoms with Gasteiger partial charge in [0.2, 0.25) is 0 Å². The Hall–Kier alpha value is -2.26. The van der Waals surface area contributed by atoms with Crippen molar-refractivity contribution >= 4 is 0 Å². The second-order valence-corrected chi connectivity index (χ2v) is 5.54. The molecule has 0 bridgehead atoms. The second kappa shape index (κ2) is 5.74. The van der Waals surface area contributed by atoms with Gasteiger partial charge in [-0.25, -0.2) is 9.36 Å². The van der Waals surface area contributed by atoms with Gasteiger partial charge in [-0.2, -0.15) is 18.3 Å². The highest BCUT2D eigenvalue weighted by Gasteiger charge is 2.37. The maximum Gasteiger partial charge on any atom is 0.421 e. The van der Waals surface area contributed by atoms with Crippen LogP contribution in [0.2, 0.25) is 0 Å². The van der Waals surface area contributed by atoms with Crippen LogP contribution >= 0.6 is 0 Å². The van der Waals surface area contributed by atoms with Gasteiger partial charge in [0.25, 0.3) is 5.56 Å². The first kappa shape index (κ1) is 15.6. The monoisotopic (exact) mass is 328 g/mol. The number of aromatic nitrogens is 6. The Balaban J connectivity index is 2.02. The van der Waals surface area contributed by atoms with Gasteiger partial charge in [0.1, 0.15) is 12.1 Å². The lowest BCUT2D eigenvalue weighted by molar-refractivity contribution is -0.139. The molecule has 1 aliphatic rings. The summed E-state index contributed by atoms with van der Waals surface area (Å²) < 4.78 is 41.5. The van der Waals surface area contributed by atoms with Crippen LogP contribution in [0.1, 0.15) is 49.2 Å². The SMILES string of the molecule is CCCn1nnnc1Cn1nc(C2CC2)cc(C(F)(F)F)c1=O. The molecule has 0 aromatic carbocycles. The van der Waals surface area contributed by atoms with Crippen molar-refractivity contribution in [1.29, 1.82) is 0 Å². The van der Waals surface area contributed by atoms with Crippen LogP contribution in [0.15, 0.2) is 10.9 Å². The molecule has 0 atom stereocenters. The standard InChI is InChI=1S/C13H15F3N6O/c1-2-5-21-11(17-19-20-21)7-22-12(23)9(13(14,15)16)6-10(18-22)8-3-4-8/h6,8H,2-5,7H2,1H3. The largest absolute Gasteiger partial charge is 0.421 e. The van der Waals surface area contributed by atoms with Crippen molar-refractivity contribution in [3.05, 3.63) is 33.5 Å². The second-order valence-electron chi connectivity index (χ2n) is 5.54. The first-order chi connectivity index (χ1) is 10.9. The van der Waals surface area contributed by atoms with Crippen LogP contribution in [0.5, 0.6) is 0 Å². The molecule has 2 aromatic heterocycles. The van der Waals surface area contributed by atoms with Gasteiger partial charge in [-0.3, -0.25) is 4.79 Å². The molecule has 10 heteroatoms. The molecule has 0 unspecified atom stereocenters. The minimum Gasteiger partial charge on any atom is -0.267 e. The highest BCUT2D eigenvalue weighted by molar-refractivity contribution is 5.22. The molecular weight excluding hydrogens is 313 g/mol. The first-order valence-electron chi connectivity index (χ1n) is 7.34. The van der Waals surface area contributed by atoms with Crippen LogP contribution in [0.4, 0.5) is 13.2 Å². The zero-order valence-corrected chi connectivity index (χ0v) is 12.4. The van der Waals surface area contributed by atoms with Crippen molar-refractivity contribution in [3.63, 3.8) is 0 Å². The number of nitrogens with zero attached hydrogens (tertiary/aromatic N) is 6. The van der Waals surface area contributed by atoms with E-state index in [-0.39, 0.29) is 12.5 Å². The zero-order valence-electron chi connectivity index (χ0n) is 12.4. The molecule has 0 N–H and O–H groups in total. The molecule has 23 heavy (non-hydrogen) atoms. The van der Waals surface area contributed by atoms with Crippen molar-refractivity contribution in [2.45, 2.75) is 51.4 Å². The number of aryl methyl sites for hydroxylation is 1. The lowest BCUT2D eigenvalue weighted by Gasteiger charge is -2.12. The molecule has 1 fully saturated rings. The lowest BCUT2D eigenvalue weighted by atomic mass is 10.2. The fourth-order valence-corrected chi connectivity index (χ4v) is 2.31. The molecular formula is C13H15F3N6O. The fraction of sp³-hybridized carbons (Fsp3) is 0.615. The Labute approximate surface area is 129 Å². The Bertz CT molecular complexity index is 762. The van der Waals surface area contributed by atoms with Crippen LogP contribution < -0.4 is 5.56 Å². The number of rotatable bonds is 5. The molecule has 2 heterocycles. The number of hydrogen-bond acceptors (Lipinski definition) is 5. The Morgan fingerprint density at radius 3 is 2.65 bits per heavy atom. The summed E-state index contributed by atoms with van der Waals surface area (Å²) in [5, 5.41) is 15.1. The summed E-state index contributed by atoms with van der Waals surface area (Å²) in [6, 6.07) is 0.867. The Kier molecular flexibility index (Phi) is 3.90. The fourth-order valence-electron chi connectivity index (χ4n) is 2.31. The normalized spacial score (nSPS) is 15.1. The molecule has 0 amide bonds. The van der Waals surface area contributed by atoms with Crippen LogP contribution in [0, 0.1) is 0 Å². The van der Waals surface area contributed by atoms with Gasteiger partial charge in [-0.05, 0) is 35.8 Å². The van der Waals surface area contributed by atoms with E-state index in [2.05, 4.69) is 20.6 Å².